The number of aromatic nitrogens is 4. The molecule has 0 radical (unpaired) electrons. The van der Waals surface area contributed by atoms with Crippen molar-refractivity contribution in [1.29, 1.82) is 0 Å². The van der Waals surface area contributed by atoms with Gasteiger partial charge in [-0.3, -0.25) is 0 Å². The van der Waals surface area contributed by atoms with E-state index >= 15 is 0 Å². The Bertz CT molecular complexity index is 910. The normalized spacial score (nSPS) is 10.4. The third kappa shape index (κ3) is 4.76. The van der Waals surface area contributed by atoms with Crippen LogP contribution in [0.15, 0.2) is 48.5 Å². The molecule has 0 aliphatic rings. The molecule has 2 amide bonds. The molecule has 0 fully saturated rings. The topological polar surface area (TPSA) is 103 Å². The van der Waals surface area contributed by atoms with Gasteiger partial charge in [-0.25, -0.2) is 4.79 Å². The van der Waals surface area contributed by atoms with Crippen molar-refractivity contribution >= 4 is 11.7 Å². The van der Waals surface area contributed by atoms with Crippen molar-refractivity contribution in [1.82, 2.24) is 25.5 Å². The molecule has 0 bridgehead atoms. The van der Waals surface area contributed by atoms with Crippen molar-refractivity contribution in [2.45, 2.75) is 20.4 Å². The van der Waals surface area contributed by atoms with Crippen molar-refractivity contribution in [3.63, 3.8) is 0 Å². The molecule has 3 aromatic rings. The first-order valence-electron chi connectivity index (χ1n) is 8.98. The van der Waals surface area contributed by atoms with Crippen molar-refractivity contribution in [3.8, 4) is 17.2 Å². The monoisotopic (exact) mass is 382 g/mol. The van der Waals surface area contributed by atoms with Crippen molar-refractivity contribution in [2.75, 3.05) is 18.5 Å². The Morgan fingerprint density at radius 2 is 1.79 bits per heavy atom. The molecular weight excluding hydrogens is 360 g/mol. The fourth-order valence-corrected chi connectivity index (χ4v) is 2.54. The Labute approximate surface area is 162 Å². The van der Waals surface area contributed by atoms with Gasteiger partial charge in [-0.05, 0) is 60.7 Å². The summed E-state index contributed by atoms with van der Waals surface area (Å²) >= 11 is 0. The number of ether oxygens (including phenoxy) is 2. The molecule has 28 heavy (non-hydrogen) atoms. The van der Waals surface area contributed by atoms with Crippen LogP contribution in [-0.2, 0) is 6.54 Å². The molecule has 1 aromatic heterocycles. The number of hydrogen-bond donors (Lipinski definition) is 2. The fraction of sp³-hybridized carbons (Fsp3) is 0.263. The minimum Gasteiger partial charge on any atom is -0.494 e. The van der Waals surface area contributed by atoms with Crippen LogP contribution in [0.2, 0.25) is 0 Å². The van der Waals surface area contributed by atoms with Gasteiger partial charge in [-0.2, -0.15) is 4.68 Å². The van der Waals surface area contributed by atoms with Crippen LogP contribution in [-0.4, -0.2) is 39.5 Å². The highest BCUT2D eigenvalue weighted by atomic mass is 16.5. The molecule has 0 saturated carbocycles. The molecule has 2 aromatic carbocycles. The second-order valence-corrected chi connectivity index (χ2v) is 5.67. The number of rotatable bonds is 8. The average Bonchev–Trinajstić information content (AvgIpc) is 3.18. The molecule has 0 spiro atoms. The van der Waals surface area contributed by atoms with E-state index in [0.717, 1.165) is 11.4 Å². The summed E-state index contributed by atoms with van der Waals surface area (Å²) in [5.74, 6) is 1.88. The number of hydrogen-bond acceptors (Lipinski definition) is 6. The second kappa shape index (κ2) is 9.36. The Morgan fingerprint density at radius 3 is 2.54 bits per heavy atom. The van der Waals surface area contributed by atoms with E-state index in [1.165, 1.54) is 0 Å². The molecule has 9 heteroatoms. The van der Waals surface area contributed by atoms with E-state index in [0.29, 0.717) is 30.5 Å². The van der Waals surface area contributed by atoms with E-state index in [2.05, 4.69) is 26.2 Å². The molecule has 2 N–H and O–H groups in total. The SMILES string of the molecule is CCOc1ccc(-n2nnnc2CNC(=O)Nc2ccccc2OCC)cc1. The van der Waals surface area contributed by atoms with Gasteiger partial charge in [-0.15, -0.1) is 5.10 Å². The van der Waals surface area contributed by atoms with E-state index in [9.17, 15) is 4.79 Å². The van der Waals surface area contributed by atoms with Crippen molar-refractivity contribution in [3.05, 3.63) is 54.4 Å². The highest BCUT2D eigenvalue weighted by molar-refractivity contribution is 5.90. The van der Waals surface area contributed by atoms with Crippen molar-refractivity contribution < 1.29 is 14.3 Å². The minimum atomic E-state index is -0.381. The Hall–Kier alpha value is -3.62. The first-order valence-corrected chi connectivity index (χ1v) is 8.98. The zero-order valence-corrected chi connectivity index (χ0v) is 15.8. The highest BCUT2D eigenvalue weighted by Crippen LogP contribution is 2.23. The molecule has 0 unspecified atom stereocenters. The van der Waals surface area contributed by atoms with E-state index in [1.54, 1.807) is 16.8 Å². The third-order valence-corrected chi connectivity index (χ3v) is 3.77. The summed E-state index contributed by atoms with van der Waals surface area (Å²) < 4.78 is 12.5. The van der Waals surface area contributed by atoms with Crippen LogP contribution >= 0.6 is 0 Å². The maximum absolute atomic E-state index is 12.3. The summed E-state index contributed by atoms with van der Waals surface area (Å²) in [6, 6.07) is 14.2. The van der Waals surface area contributed by atoms with Crippen LogP contribution < -0.4 is 20.1 Å². The zero-order chi connectivity index (χ0) is 19.8. The molecule has 1 heterocycles. The number of nitrogens with zero attached hydrogens (tertiary/aromatic N) is 4. The van der Waals surface area contributed by atoms with Gasteiger partial charge >= 0.3 is 6.03 Å². The maximum atomic E-state index is 12.3. The Kier molecular flexibility index (Phi) is 6.40. The number of carbonyl (C=O) groups excluding carboxylic acids is 1. The first-order chi connectivity index (χ1) is 13.7. The molecule has 9 nitrogen and oxygen atoms in total. The molecular formula is C19H22N6O3. The molecule has 146 valence electrons. The third-order valence-electron chi connectivity index (χ3n) is 3.77. The van der Waals surface area contributed by atoms with E-state index < -0.39 is 0 Å². The van der Waals surface area contributed by atoms with E-state index in [1.807, 2.05) is 50.2 Å². The maximum Gasteiger partial charge on any atom is 0.319 e. The summed E-state index contributed by atoms with van der Waals surface area (Å²) in [4.78, 5) is 12.3. The van der Waals surface area contributed by atoms with E-state index in [-0.39, 0.29) is 12.6 Å². The molecule has 3 rings (SSSR count). The highest BCUT2D eigenvalue weighted by Gasteiger charge is 2.11. The number of para-hydroxylation sites is 2. The van der Waals surface area contributed by atoms with E-state index in [4.69, 9.17) is 9.47 Å². The lowest BCUT2D eigenvalue weighted by Gasteiger charge is -2.12. The van der Waals surface area contributed by atoms with Crippen LogP contribution in [0, 0.1) is 0 Å². The van der Waals surface area contributed by atoms with Gasteiger partial charge in [0.25, 0.3) is 0 Å². The van der Waals surface area contributed by atoms with Crippen molar-refractivity contribution in [2.24, 2.45) is 0 Å². The van der Waals surface area contributed by atoms with Gasteiger partial charge < -0.3 is 20.1 Å². The van der Waals surface area contributed by atoms with Crippen LogP contribution in [0.5, 0.6) is 11.5 Å². The number of anilines is 1. The summed E-state index contributed by atoms with van der Waals surface area (Å²) in [5, 5.41) is 17.2. The largest absolute Gasteiger partial charge is 0.494 e. The molecule has 0 aliphatic heterocycles. The fourth-order valence-electron chi connectivity index (χ4n) is 2.54. The minimum absolute atomic E-state index is 0.156. The number of carbonyl (C=O) groups is 1. The Balaban J connectivity index is 1.63. The van der Waals surface area contributed by atoms with Gasteiger partial charge in [0.15, 0.2) is 5.82 Å². The molecule has 0 aliphatic carbocycles. The number of benzene rings is 2. The summed E-state index contributed by atoms with van der Waals surface area (Å²) in [6.45, 7) is 5.08. The van der Waals surface area contributed by atoms with Crippen LogP contribution in [0.4, 0.5) is 10.5 Å². The molecule has 0 saturated heterocycles. The number of nitrogens with one attached hydrogen (secondary N) is 2. The lowest BCUT2D eigenvalue weighted by molar-refractivity contribution is 0.251. The van der Waals surface area contributed by atoms with Crippen LogP contribution in [0.3, 0.4) is 0 Å². The summed E-state index contributed by atoms with van der Waals surface area (Å²) in [5.41, 5.74) is 1.36. The summed E-state index contributed by atoms with van der Waals surface area (Å²) in [7, 11) is 0. The van der Waals surface area contributed by atoms with Crippen LogP contribution in [0.25, 0.3) is 5.69 Å². The summed E-state index contributed by atoms with van der Waals surface area (Å²) in [6.07, 6.45) is 0. The predicted octanol–water partition coefficient (Wildman–Crippen LogP) is 2.78. The zero-order valence-electron chi connectivity index (χ0n) is 15.8. The standard InChI is InChI=1S/C19H22N6O3/c1-3-27-15-11-9-14(10-12-15)25-18(22-23-24-25)13-20-19(26)21-16-7-5-6-8-17(16)28-4-2/h5-12H,3-4,13H2,1-2H3,(H2,20,21,26). The smallest absolute Gasteiger partial charge is 0.319 e. The van der Waals surface area contributed by atoms with Gasteiger partial charge in [0.1, 0.15) is 11.5 Å². The van der Waals surface area contributed by atoms with Crippen LogP contribution in [0.1, 0.15) is 19.7 Å². The number of urea groups is 1. The quantitative estimate of drug-likeness (QED) is 0.621. The average molecular weight is 382 g/mol. The van der Waals surface area contributed by atoms with Gasteiger partial charge in [0, 0.05) is 0 Å². The number of amides is 2. The Morgan fingerprint density at radius 1 is 1.04 bits per heavy atom. The molecule has 0 atom stereocenters. The first kappa shape index (κ1) is 19.2. The number of tetrazole rings is 1. The second-order valence-electron chi connectivity index (χ2n) is 5.67. The lowest BCUT2D eigenvalue weighted by Crippen LogP contribution is -2.29. The van der Waals surface area contributed by atoms with Gasteiger partial charge in [0.2, 0.25) is 0 Å². The van der Waals surface area contributed by atoms with Gasteiger partial charge in [-0.1, -0.05) is 12.1 Å². The predicted molar refractivity (Wildman–Crippen MR) is 104 cm³/mol. The lowest BCUT2D eigenvalue weighted by atomic mass is 10.3. The van der Waals surface area contributed by atoms with Gasteiger partial charge in [0.05, 0.1) is 31.1 Å².